The molecule has 45 heavy (non-hydrogen) atoms. The normalized spacial score (nSPS) is 26.0. The quantitative estimate of drug-likeness (QED) is 0.335. The van der Waals surface area contributed by atoms with Gasteiger partial charge in [-0.05, 0) is 66.6 Å². The van der Waals surface area contributed by atoms with Gasteiger partial charge in [-0.25, -0.2) is 0 Å². The number of thioether (sulfide) groups is 1. The van der Waals surface area contributed by atoms with E-state index in [1.54, 1.807) is 17.0 Å². The number of piperidine rings is 1. The number of rotatable bonds is 6. The summed E-state index contributed by atoms with van der Waals surface area (Å²) in [5, 5.41) is 2.31. The zero-order valence-electron chi connectivity index (χ0n) is 25.0. The standard InChI is InChI=1S/C32H36Cl3F3N4O2S/c1-31(2)9-12-41(17-31)29(43)22-5-4-19(14-25(22)35)39-20-15-42(16-20)21-7-10-40(11-8-21)30(44)28-26(32(36,37)38)27(45-28)23-13-18(33)3-6-24(23)34/h3-6,13-14,20-21,26-28,39H,7-12,15-17H2,1-2H3. The number of hydrogen-bond acceptors (Lipinski definition) is 5. The molecule has 4 saturated heterocycles. The number of amides is 2. The summed E-state index contributed by atoms with van der Waals surface area (Å²) < 4.78 is 42.4. The molecule has 6 rings (SSSR count). The summed E-state index contributed by atoms with van der Waals surface area (Å²) in [6, 6.07) is 10.5. The van der Waals surface area contributed by atoms with Gasteiger partial charge in [0.2, 0.25) is 5.91 Å². The van der Waals surface area contributed by atoms with Gasteiger partial charge < -0.3 is 15.1 Å². The van der Waals surface area contributed by atoms with Crippen LogP contribution in [0.25, 0.3) is 0 Å². The predicted molar refractivity (Wildman–Crippen MR) is 174 cm³/mol. The highest BCUT2D eigenvalue weighted by Crippen LogP contribution is 2.61. The van der Waals surface area contributed by atoms with E-state index in [1.165, 1.54) is 18.2 Å². The van der Waals surface area contributed by atoms with Crippen molar-refractivity contribution in [3.8, 4) is 0 Å². The molecular formula is C32H36Cl3F3N4O2S. The lowest BCUT2D eigenvalue weighted by molar-refractivity contribution is -0.184. The number of hydrogen-bond donors (Lipinski definition) is 1. The molecule has 13 heteroatoms. The molecule has 2 amide bonds. The van der Waals surface area contributed by atoms with Crippen molar-refractivity contribution in [2.24, 2.45) is 11.3 Å². The molecule has 0 aliphatic carbocycles. The molecule has 4 fully saturated rings. The fraction of sp³-hybridized carbons (Fsp3) is 0.562. The number of alkyl halides is 3. The summed E-state index contributed by atoms with van der Waals surface area (Å²) in [6.45, 7) is 8.28. The van der Waals surface area contributed by atoms with E-state index in [4.69, 9.17) is 34.8 Å². The number of benzene rings is 2. The zero-order chi connectivity index (χ0) is 32.3. The van der Waals surface area contributed by atoms with Crippen LogP contribution in [0.3, 0.4) is 0 Å². The fourth-order valence-corrected chi connectivity index (χ4v) is 9.31. The molecule has 3 atom stereocenters. The van der Waals surface area contributed by atoms with E-state index in [0.29, 0.717) is 47.1 Å². The number of carbonyl (C=O) groups is 2. The Morgan fingerprint density at radius 2 is 1.67 bits per heavy atom. The lowest BCUT2D eigenvalue weighted by atomic mass is 9.91. The van der Waals surface area contributed by atoms with Gasteiger partial charge in [-0.15, -0.1) is 11.8 Å². The van der Waals surface area contributed by atoms with E-state index in [-0.39, 0.29) is 28.4 Å². The smallest absolute Gasteiger partial charge is 0.380 e. The molecule has 4 heterocycles. The molecule has 2 aromatic rings. The Bertz CT molecular complexity index is 1460. The number of likely N-dealkylation sites (tertiary alicyclic amines) is 3. The lowest BCUT2D eigenvalue weighted by Gasteiger charge is -2.49. The van der Waals surface area contributed by atoms with Gasteiger partial charge in [-0.3, -0.25) is 14.5 Å². The summed E-state index contributed by atoms with van der Waals surface area (Å²) in [6.07, 6.45) is -2.13. The highest BCUT2D eigenvalue weighted by atomic mass is 35.5. The SMILES string of the molecule is CC1(C)CCN(C(=O)c2ccc(NC3CN(C4CCN(C(=O)C5SC(c6cc(Cl)ccc6Cl)C5C(F)(F)F)CC4)C3)cc2Cl)C1. The molecule has 1 N–H and O–H groups in total. The maximum Gasteiger partial charge on any atom is 0.394 e. The Morgan fingerprint density at radius 3 is 2.29 bits per heavy atom. The van der Waals surface area contributed by atoms with E-state index in [2.05, 4.69) is 24.1 Å². The minimum absolute atomic E-state index is 0.0353. The van der Waals surface area contributed by atoms with Gasteiger partial charge in [0.15, 0.2) is 0 Å². The van der Waals surface area contributed by atoms with E-state index in [1.807, 2.05) is 11.0 Å². The summed E-state index contributed by atoms with van der Waals surface area (Å²) in [5.74, 6) is -2.29. The first kappa shape index (κ1) is 33.1. The van der Waals surface area contributed by atoms with Crippen LogP contribution >= 0.6 is 46.6 Å². The summed E-state index contributed by atoms with van der Waals surface area (Å²) in [4.78, 5) is 32.1. The number of anilines is 1. The number of carbonyl (C=O) groups excluding carboxylic acids is 2. The van der Waals surface area contributed by atoms with Crippen molar-refractivity contribution in [2.45, 2.75) is 61.9 Å². The van der Waals surface area contributed by atoms with Crippen LogP contribution in [0.5, 0.6) is 0 Å². The second-order valence-corrected chi connectivity index (χ2v) is 15.9. The minimum Gasteiger partial charge on any atom is -0.380 e. The molecule has 0 saturated carbocycles. The first-order valence-electron chi connectivity index (χ1n) is 15.3. The van der Waals surface area contributed by atoms with Crippen LogP contribution < -0.4 is 5.32 Å². The van der Waals surface area contributed by atoms with E-state index in [9.17, 15) is 22.8 Å². The molecule has 0 aromatic heterocycles. The van der Waals surface area contributed by atoms with E-state index in [0.717, 1.165) is 50.0 Å². The average Bonchev–Trinajstić information content (AvgIpc) is 3.30. The van der Waals surface area contributed by atoms with E-state index >= 15 is 0 Å². The molecule has 4 aliphatic rings. The van der Waals surface area contributed by atoms with Crippen molar-refractivity contribution in [3.63, 3.8) is 0 Å². The molecule has 0 bridgehead atoms. The second-order valence-electron chi connectivity index (χ2n) is 13.4. The van der Waals surface area contributed by atoms with Crippen molar-refractivity contribution >= 4 is 64.1 Å². The Balaban J connectivity index is 0.976. The van der Waals surface area contributed by atoms with Crippen molar-refractivity contribution < 1.29 is 22.8 Å². The molecule has 3 unspecified atom stereocenters. The third kappa shape index (κ3) is 6.91. The van der Waals surface area contributed by atoms with Crippen LogP contribution in [0.15, 0.2) is 36.4 Å². The molecule has 244 valence electrons. The number of halogens is 6. The molecule has 0 spiro atoms. The summed E-state index contributed by atoms with van der Waals surface area (Å²) in [7, 11) is 0. The Hall–Kier alpha value is -1.85. The fourth-order valence-electron chi connectivity index (χ4n) is 6.95. The van der Waals surface area contributed by atoms with Gasteiger partial charge in [0.1, 0.15) is 0 Å². The van der Waals surface area contributed by atoms with Crippen molar-refractivity contribution in [1.82, 2.24) is 14.7 Å². The third-order valence-corrected chi connectivity index (χ3v) is 12.1. The minimum atomic E-state index is -4.54. The van der Waals surface area contributed by atoms with Gasteiger partial charge >= 0.3 is 6.18 Å². The van der Waals surface area contributed by atoms with Crippen LogP contribution in [0.2, 0.25) is 15.1 Å². The first-order valence-corrected chi connectivity index (χ1v) is 17.3. The monoisotopic (exact) mass is 702 g/mol. The van der Waals surface area contributed by atoms with Gasteiger partial charge in [0, 0.05) is 66.3 Å². The zero-order valence-corrected chi connectivity index (χ0v) is 28.1. The van der Waals surface area contributed by atoms with Gasteiger partial charge in [-0.1, -0.05) is 48.7 Å². The van der Waals surface area contributed by atoms with Crippen LogP contribution in [-0.2, 0) is 4.79 Å². The van der Waals surface area contributed by atoms with Crippen LogP contribution in [-0.4, -0.2) is 89.3 Å². The molecule has 2 aromatic carbocycles. The first-order chi connectivity index (χ1) is 21.2. The van der Waals surface area contributed by atoms with Crippen LogP contribution in [0.4, 0.5) is 18.9 Å². The second kappa shape index (κ2) is 12.6. The van der Waals surface area contributed by atoms with Gasteiger partial charge in [0.05, 0.1) is 27.8 Å². The Labute approximate surface area is 280 Å². The lowest BCUT2D eigenvalue weighted by Crippen LogP contribution is -2.61. The van der Waals surface area contributed by atoms with E-state index < -0.39 is 28.5 Å². The third-order valence-electron chi connectivity index (χ3n) is 9.57. The molecule has 6 nitrogen and oxygen atoms in total. The number of nitrogens with zero attached hydrogens (tertiary/aromatic N) is 3. The average molecular weight is 704 g/mol. The van der Waals surface area contributed by atoms with Crippen molar-refractivity contribution in [2.75, 3.05) is 44.6 Å². The summed E-state index contributed by atoms with van der Waals surface area (Å²) in [5.41, 5.74) is 1.81. The maximum atomic E-state index is 14.1. The molecular weight excluding hydrogens is 668 g/mol. The maximum absolute atomic E-state index is 14.1. The topological polar surface area (TPSA) is 55.9 Å². The van der Waals surface area contributed by atoms with Crippen LogP contribution in [0.1, 0.15) is 54.3 Å². The van der Waals surface area contributed by atoms with Gasteiger partial charge in [-0.2, -0.15) is 13.2 Å². The highest BCUT2D eigenvalue weighted by molar-refractivity contribution is 8.02. The van der Waals surface area contributed by atoms with Crippen LogP contribution in [0, 0.1) is 11.3 Å². The largest absolute Gasteiger partial charge is 0.394 e. The highest BCUT2D eigenvalue weighted by Gasteiger charge is 2.61. The van der Waals surface area contributed by atoms with Gasteiger partial charge in [0.25, 0.3) is 5.91 Å². The van der Waals surface area contributed by atoms with Crippen molar-refractivity contribution in [3.05, 3.63) is 62.6 Å². The molecule has 0 radical (unpaired) electrons. The Kier molecular flexibility index (Phi) is 9.29. The predicted octanol–water partition coefficient (Wildman–Crippen LogP) is 7.64. The van der Waals surface area contributed by atoms with Crippen molar-refractivity contribution in [1.29, 1.82) is 0 Å². The molecule has 4 aliphatic heterocycles. The number of nitrogens with one attached hydrogen (secondary N) is 1. The Morgan fingerprint density at radius 1 is 0.956 bits per heavy atom. The summed E-state index contributed by atoms with van der Waals surface area (Å²) >= 11 is 19.8.